The Labute approximate surface area is 109 Å². The maximum atomic E-state index is 11.9. The summed E-state index contributed by atoms with van der Waals surface area (Å²) < 4.78 is 23.9. The third kappa shape index (κ3) is 4.47. The Morgan fingerprint density at radius 1 is 1.22 bits per heavy atom. The lowest BCUT2D eigenvalue weighted by Crippen LogP contribution is -2.23. The van der Waals surface area contributed by atoms with Crippen molar-refractivity contribution in [1.29, 1.82) is 5.26 Å². The van der Waals surface area contributed by atoms with Gasteiger partial charge in [0.05, 0.1) is 22.3 Å². The zero-order chi connectivity index (χ0) is 13.4. The molecule has 0 saturated heterocycles. The average molecular weight is 266 g/mol. The fourth-order valence-corrected chi connectivity index (χ4v) is 2.69. The standard InChI is InChI=1S/C13H18N2O2S/c1-2-3-8-15-9-10-18(16,17)13-6-4-12(11-14)5-7-13/h4-7,15H,2-3,8-10H2,1H3. The van der Waals surface area contributed by atoms with Gasteiger partial charge in [-0.1, -0.05) is 13.3 Å². The van der Waals surface area contributed by atoms with Crippen LogP contribution in [0.3, 0.4) is 0 Å². The van der Waals surface area contributed by atoms with Crippen LogP contribution in [0.4, 0.5) is 0 Å². The summed E-state index contributed by atoms with van der Waals surface area (Å²) in [6, 6.07) is 7.99. The first-order chi connectivity index (χ1) is 8.60. The number of nitrogens with zero attached hydrogens (tertiary/aromatic N) is 1. The van der Waals surface area contributed by atoms with E-state index in [0.29, 0.717) is 12.1 Å². The Kier molecular flexibility index (Phi) is 5.83. The van der Waals surface area contributed by atoms with Gasteiger partial charge in [0, 0.05) is 6.54 Å². The van der Waals surface area contributed by atoms with E-state index in [4.69, 9.17) is 5.26 Å². The van der Waals surface area contributed by atoms with Gasteiger partial charge in [0.1, 0.15) is 0 Å². The molecule has 0 heterocycles. The molecule has 0 unspecified atom stereocenters. The van der Waals surface area contributed by atoms with Crippen molar-refractivity contribution >= 4 is 9.84 Å². The Balaban J connectivity index is 2.55. The molecule has 0 aliphatic rings. The van der Waals surface area contributed by atoms with E-state index in [1.807, 2.05) is 6.07 Å². The molecule has 0 bridgehead atoms. The summed E-state index contributed by atoms with van der Waals surface area (Å²) in [5.41, 5.74) is 0.468. The minimum atomic E-state index is -3.24. The van der Waals surface area contributed by atoms with Crippen molar-refractivity contribution in [3.63, 3.8) is 0 Å². The Hall–Kier alpha value is -1.38. The molecule has 0 aliphatic heterocycles. The minimum absolute atomic E-state index is 0.0859. The molecule has 0 saturated carbocycles. The lowest BCUT2D eigenvalue weighted by molar-refractivity contribution is 0.588. The quantitative estimate of drug-likeness (QED) is 0.763. The number of nitrogens with one attached hydrogen (secondary N) is 1. The van der Waals surface area contributed by atoms with Crippen molar-refractivity contribution in [2.45, 2.75) is 24.7 Å². The van der Waals surface area contributed by atoms with Crippen molar-refractivity contribution in [1.82, 2.24) is 5.32 Å². The third-order valence-corrected chi connectivity index (χ3v) is 4.33. The van der Waals surface area contributed by atoms with E-state index in [1.165, 1.54) is 24.3 Å². The third-order valence-electron chi connectivity index (χ3n) is 2.60. The lowest BCUT2D eigenvalue weighted by atomic mass is 10.2. The van der Waals surface area contributed by atoms with Gasteiger partial charge >= 0.3 is 0 Å². The lowest BCUT2D eigenvalue weighted by Gasteiger charge is -2.06. The first kappa shape index (κ1) is 14.7. The first-order valence-electron chi connectivity index (χ1n) is 6.04. The van der Waals surface area contributed by atoms with Gasteiger partial charge in [-0.3, -0.25) is 0 Å². The van der Waals surface area contributed by atoms with Gasteiger partial charge in [-0.2, -0.15) is 5.26 Å². The molecule has 0 amide bonds. The molecular formula is C13H18N2O2S. The van der Waals surface area contributed by atoms with E-state index in [9.17, 15) is 8.42 Å². The topological polar surface area (TPSA) is 70.0 Å². The summed E-state index contributed by atoms with van der Waals surface area (Å²) in [6.45, 7) is 3.40. The predicted molar refractivity (Wildman–Crippen MR) is 71.0 cm³/mol. The molecule has 98 valence electrons. The zero-order valence-corrected chi connectivity index (χ0v) is 11.3. The molecule has 1 N–H and O–H groups in total. The molecular weight excluding hydrogens is 248 g/mol. The van der Waals surface area contributed by atoms with E-state index in [2.05, 4.69) is 12.2 Å². The van der Waals surface area contributed by atoms with Crippen LogP contribution in [0.1, 0.15) is 25.3 Å². The van der Waals surface area contributed by atoms with Crippen molar-refractivity contribution < 1.29 is 8.42 Å². The molecule has 18 heavy (non-hydrogen) atoms. The van der Waals surface area contributed by atoms with E-state index in [1.54, 1.807) is 0 Å². The van der Waals surface area contributed by atoms with Crippen LogP contribution < -0.4 is 5.32 Å². The van der Waals surface area contributed by atoms with Crippen LogP contribution in [0.25, 0.3) is 0 Å². The van der Waals surface area contributed by atoms with Crippen LogP contribution in [0, 0.1) is 11.3 Å². The van der Waals surface area contributed by atoms with E-state index in [0.717, 1.165) is 19.4 Å². The Bertz CT molecular complexity index is 501. The number of sulfone groups is 1. The zero-order valence-electron chi connectivity index (χ0n) is 10.5. The van der Waals surface area contributed by atoms with Crippen LogP contribution in [-0.4, -0.2) is 27.3 Å². The smallest absolute Gasteiger partial charge is 0.179 e. The van der Waals surface area contributed by atoms with Gasteiger partial charge in [-0.15, -0.1) is 0 Å². The highest BCUT2D eigenvalue weighted by Gasteiger charge is 2.13. The van der Waals surface area contributed by atoms with Crippen LogP contribution >= 0.6 is 0 Å². The summed E-state index contributed by atoms with van der Waals surface area (Å²) in [7, 11) is -3.24. The summed E-state index contributed by atoms with van der Waals surface area (Å²) in [5.74, 6) is 0.0859. The second-order valence-corrected chi connectivity index (χ2v) is 6.17. The molecule has 1 rings (SSSR count). The number of rotatable bonds is 7. The van der Waals surface area contributed by atoms with Gasteiger partial charge in [-0.25, -0.2) is 8.42 Å². The SMILES string of the molecule is CCCCNCCS(=O)(=O)c1ccc(C#N)cc1. The monoisotopic (exact) mass is 266 g/mol. The summed E-state index contributed by atoms with van der Waals surface area (Å²) in [4.78, 5) is 0.277. The van der Waals surface area contributed by atoms with Gasteiger partial charge in [0.2, 0.25) is 0 Å². The molecule has 0 atom stereocenters. The van der Waals surface area contributed by atoms with Gasteiger partial charge in [0.15, 0.2) is 9.84 Å². The van der Waals surface area contributed by atoms with Crippen molar-refractivity contribution in [2.75, 3.05) is 18.8 Å². The highest BCUT2D eigenvalue weighted by atomic mass is 32.2. The number of hydrogen-bond donors (Lipinski definition) is 1. The molecule has 0 aromatic heterocycles. The van der Waals surface area contributed by atoms with E-state index in [-0.39, 0.29) is 10.6 Å². The fourth-order valence-electron chi connectivity index (χ4n) is 1.49. The summed E-state index contributed by atoms with van der Waals surface area (Å²) >= 11 is 0. The highest BCUT2D eigenvalue weighted by molar-refractivity contribution is 7.91. The van der Waals surface area contributed by atoms with Gasteiger partial charge < -0.3 is 5.32 Å². The maximum Gasteiger partial charge on any atom is 0.179 e. The number of unbranched alkanes of at least 4 members (excludes halogenated alkanes) is 1. The van der Waals surface area contributed by atoms with E-state index >= 15 is 0 Å². The number of benzene rings is 1. The molecule has 0 fully saturated rings. The fraction of sp³-hybridized carbons (Fsp3) is 0.462. The van der Waals surface area contributed by atoms with Crippen LogP contribution in [0.2, 0.25) is 0 Å². The van der Waals surface area contributed by atoms with Crippen LogP contribution in [-0.2, 0) is 9.84 Å². The second kappa shape index (κ2) is 7.14. The minimum Gasteiger partial charge on any atom is -0.316 e. The van der Waals surface area contributed by atoms with Gasteiger partial charge in [0.25, 0.3) is 0 Å². The summed E-state index contributed by atoms with van der Waals surface area (Å²) in [5, 5.41) is 11.7. The predicted octanol–water partition coefficient (Wildman–Crippen LogP) is 1.72. The maximum absolute atomic E-state index is 11.9. The van der Waals surface area contributed by atoms with Crippen LogP contribution in [0.15, 0.2) is 29.2 Å². The molecule has 0 aliphatic carbocycles. The number of nitriles is 1. The molecule has 4 nitrogen and oxygen atoms in total. The molecule has 1 aromatic carbocycles. The van der Waals surface area contributed by atoms with Crippen LogP contribution in [0.5, 0.6) is 0 Å². The van der Waals surface area contributed by atoms with Crippen molar-refractivity contribution in [2.24, 2.45) is 0 Å². The van der Waals surface area contributed by atoms with Crippen molar-refractivity contribution in [3.05, 3.63) is 29.8 Å². The summed E-state index contributed by atoms with van der Waals surface area (Å²) in [6.07, 6.45) is 2.15. The number of hydrogen-bond acceptors (Lipinski definition) is 4. The largest absolute Gasteiger partial charge is 0.316 e. The highest BCUT2D eigenvalue weighted by Crippen LogP contribution is 2.11. The second-order valence-electron chi connectivity index (χ2n) is 4.06. The average Bonchev–Trinajstić information content (AvgIpc) is 2.38. The van der Waals surface area contributed by atoms with E-state index < -0.39 is 9.84 Å². The Morgan fingerprint density at radius 2 is 1.89 bits per heavy atom. The normalized spacial score (nSPS) is 11.1. The molecule has 5 heteroatoms. The molecule has 1 aromatic rings. The van der Waals surface area contributed by atoms with Gasteiger partial charge in [-0.05, 0) is 37.2 Å². The first-order valence-corrected chi connectivity index (χ1v) is 7.69. The Morgan fingerprint density at radius 3 is 2.44 bits per heavy atom. The van der Waals surface area contributed by atoms with Crippen molar-refractivity contribution in [3.8, 4) is 6.07 Å². The molecule has 0 spiro atoms. The molecule has 0 radical (unpaired) electrons.